The second-order valence-electron chi connectivity index (χ2n) is 6.76. The first-order valence-corrected chi connectivity index (χ1v) is 11.3. The van der Waals surface area contributed by atoms with Crippen LogP contribution in [0.25, 0.3) is 0 Å². The molecule has 152 valence electrons. The van der Waals surface area contributed by atoms with Crippen LogP contribution >= 0.6 is 7.92 Å². The number of rotatable bonds is 6. The quantitative estimate of drug-likeness (QED) is 0.266. The number of hydrogen-bond donors (Lipinski definition) is 2. The minimum Gasteiger partial charge on any atom is -0.307 e. The zero-order chi connectivity index (χ0) is 21.3. The van der Waals surface area contributed by atoms with Crippen molar-refractivity contribution in [1.29, 1.82) is 0 Å². The average molecular weight is 423 g/mol. The molecular formula is C26H22N3OP. The summed E-state index contributed by atoms with van der Waals surface area (Å²) in [6, 6.07) is 38.1. The van der Waals surface area contributed by atoms with E-state index in [-0.39, 0.29) is 6.03 Å². The van der Waals surface area contributed by atoms with E-state index in [0.717, 1.165) is 5.56 Å². The number of benzene rings is 4. The SMILES string of the molecule is O=C(NN=Cc1ccccc1P(c1ccccc1)c1ccccc1)Nc1ccccc1. The molecule has 4 nitrogen and oxygen atoms in total. The fraction of sp³-hybridized carbons (Fsp3) is 0. The van der Waals surface area contributed by atoms with E-state index in [4.69, 9.17) is 0 Å². The van der Waals surface area contributed by atoms with E-state index in [2.05, 4.69) is 70.4 Å². The van der Waals surface area contributed by atoms with Gasteiger partial charge < -0.3 is 5.32 Å². The molecule has 0 aromatic heterocycles. The third-order valence-electron chi connectivity index (χ3n) is 4.61. The Morgan fingerprint density at radius 3 is 1.81 bits per heavy atom. The number of para-hydroxylation sites is 1. The van der Waals surface area contributed by atoms with E-state index in [9.17, 15) is 4.79 Å². The Labute approximate surface area is 183 Å². The van der Waals surface area contributed by atoms with Crippen LogP contribution in [-0.4, -0.2) is 12.2 Å². The number of anilines is 1. The molecule has 0 radical (unpaired) electrons. The topological polar surface area (TPSA) is 53.5 Å². The highest BCUT2D eigenvalue weighted by molar-refractivity contribution is 7.80. The maximum atomic E-state index is 12.1. The average Bonchev–Trinajstić information content (AvgIpc) is 2.82. The van der Waals surface area contributed by atoms with Gasteiger partial charge in [0.2, 0.25) is 0 Å². The number of urea groups is 1. The van der Waals surface area contributed by atoms with Gasteiger partial charge in [-0.3, -0.25) is 0 Å². The van der Waals surface area contributed by atoms with Crippen LogP contribution in [-0.2, 0) is 0 Å². The van der Waals surface area contributed by atoms with Gasteiger partial charge in [0.15, 0.2) is 0 Å². The number of hydrazone groups is 1. The molecule has 0 aliphatic heterocycles. The molecule has 5 heteroatoms. The van der Waals surface area contributed by atoms with Gasteiger partial charge in [-0.2, -0.15) is 5.10 Å². The maximum Gasteiger partial charge on any atom is 0.339 e. The molecule has 31 heavy (non-hydrogen) atoms. The second kappa shape index (κ2) is 10.3. The van der Waals surface area contributed by atoms with Crippen LogP contribution < -0.4 is 26.7 Å². The van der Waals surface area contributed by atoms with E-state index in [1.165, 1.54) is 15.9 Å². The van der Waals surface area contributed by atoms with Gasteiger partial charge in [0.25, 0.3) is 0 Å². The fourth-order valence-electron chi connectivity index (χ4n) is 3.22. The van der Waals surface area contributed by atoms with E-state index in [0.29, 0.717) is 5.69 Å². The molecule has 0 aliphatic carbocycles. The van der Waals surface area contributed by atoms with Crippen molar-refractivity contribution in [2.24, 2.45) is 5.10 Å². The fourth-order valence-corrected chi connectivity index (χ4v) is 5.64. The van der Waals surface area contributed by atoms with Gasteiger partial charge in [0.1, 0.15) is 0 Å². The van der Waals surface area contributed by atoms with Crippen LogP contribution in [0.5, 0.6) is 0 Å². The Morgan fingerprint density at radius 2 is 1.19 bits per heavy atom. The molecule has 0 fully saturated rings. The van der Waals surface area contributed by atoms with E-state index in [1.807, 2.05) is 60.7 Å². The molecule has 0 spiro atoms. The first-order valence-electron chi connectivity index (χ1n) is 9.95. The molecule has 0 unspecified atom stereocenters. The lowest BCUT2D eigenvalue weighted by atomic mass is 10.2. The van der Waals surface area contributed by atoms with Gasteiger partial charge in [-0.1, -0.05) is 103 Å². The molecule has 0 saturated carbocycles. The van der Waals surface area contributed by atoms with Crippen molar-refractivity contribution in [3.8, 4) is 0 Å². The largest absolute Gasteiger partial charge is 0.339 e. The lowest BCUT2D eigenvalue weighted by Gasteiger charge is -2.21. The van der Waals surface area contributed by atoms with Gasteiger partial charge in [-0.15, -0.1) is 0 Å². The third kappa shape index (κ3) is 5.44. The predicted molar refractivity (Wildman–Crippen MR) is 131 cm³/mol. The Balaban J connectivity index is 1.59. The van der Waals surface area contributed by atoms with Crippen molar-refractivity contribution in [2.75, 3.05) is 5.32 Å². The summed E-state index contributed by atoms with van der Waals surface area (Å²) in [5.74, 6) is 0. The van der Waals surface area contributed by atoms with E-state index < -0.39 is 7.92 Å². The van der Waals surface area contributed by atoms with Crippen LogP contribution in [0.4, 0.5) is 10.5 Å². The molecule has 0 heterocycles. The lowest BCUT2D eigenvalue weighted by Crippen LogP contribution is -2.25. The normalized spacial score (nSPS) is 10.9. The number of carbonyl (C=O) groups is 1. The number of amides is 2. The highest BCUT2D eigenvalue weighted by Crippen LogP contribution is 2.33. The third-order valence-corrected chi connectivity index (χ3v) is 7.13. The summed E-state index contributed by atoms with van der Waals surface area (Å²) in [5.41, 5.74) is 4.24. The van der Waals surface area contributed by atoms with Crippen molar-refractivity contribution in [3.05, 3.63) is 121 Å². The van der Waals surface area contributed by atoms with Crippen molar-refractivity contribution >= 4 is 41.8 Å². The molecule has 0 saturated heterocycles. The van der Waals surface area contributed by atoms with Gasteiger partial charge in [-0.05, 0) is 36.0 Å². The molecule has 0 bridgehead atoms. The van der Waals surface area contributed by atoms with Crippen molar-refractivity contribution in [1.82, 2.24) is 5.43 Å². The molecule has 4 aromatic rings. The first kappa shape index (κ1) is 20.5. The summed E-state index contributed by atoms with van der Waals surface area (Å²) in [4.78, 5) is 12.1. The molecule has 0 aliphatic rings. The minimum atomic E-state index is -0.758. The smallest absolute Gasteiger partial charge is 0.307 e. The zero-order valence-corrected chi connectivity index (χ0v) is 17.7. The summed E-state index contributed by atoms with van der Waals surface area (Å²) in [5, 5.41) is 10.7. The zero-order valence-electron chi connectivity index (χ0n) is 16.8. The molecule has 0 atom stereocenters. The van der Waals surface area contributed by atoms with Crippen LogP contribution in [0.1, 0.15) is 5.56 Å². The molecule has 4 rings (SSSR count). The van der Waals surface area contributed by atoms with Crippen molar-refractivity contribution < 1.29 is 4.79 Å². The summed E-state index contributed by atoms with van der Waals surface area (Å²) in [6.45, 7) is 0. The first-order chi connectivity index (χ1) is 15.3. The van der Waals surface area contributed by atoms with Crippen LogP contribution in [0.2, 0.25) is 0 Å². The molecular weight excluding hydrogens is 401 g/mol. The summed E-state index contributed by atoms with van der Waals surface area (Å²) in [6.07, 6.45) is 1.71. The Bertz CT molecular complexity index is 1110. The second-order valence-corrected chi connectivity index (χ2v) is 8.94. The van der Waals surface area contributed by atoms with Gasteiger partial charge in [-0.25, -0.2) is 10.2 Å². The van der Waals surface area contributed by atoms with Gasteiger partial charge in [0.05, 0.1) is 6.21 Å². The van der Waals surface area contributed by atoms with Crippen LogP contribution in [0, 0.1) is 0 Å². The summed E-state index contributed by atoms with van der Waals surface area (Å²) < 4.78 is 0. The summed E-state index contributed by atoms with van der Waals surface area (Å²) in [7, 11) is -0.758. The number of nitrogens with one attached hydrogen (secondary N) is 2. The van der Waals surface area contributed by atoms with E-state index in [1.54, 1.807) is 6.21 Å². The summed E-state index contributed by atoms with van der Waals surface area (Å²) >= 11 is 0. The maximum absolute atomic E-state index is 12.1. The van der Waals surface area contributed by atoms with Crippen LogP contribution in [0.15, 0.2) is 120 Å². The molecule has 2 amide bonds. The number of hydrogen-bond acceptors (Lipinski definition) is 2. The van der Waals surface area contributed by atoms with Crippen LogP contribution in [0.3, 0.4) is 0 Å². The van der Waals surface area contributed by atoms with Crippen molar-refractivity contribution in [3.63, 3.8) is 0 Å². The minimum absolute atomic E-state index is 0.381. The van der Waals surface area contributed by atoms with Crippen molar-refractivity contribution in [2.45, 2.75) is 0 Å². The highest BCUT2D eigenvalue weighted by atomic mass is 31.1. The number of carbonyl (C=O) groups excluding carboxylic acids is 1. The monoisotopic (exact) mass is 423 g/mol. The van der Waals surface area contributed by atoms with Gasteiger partial charge >= 0.3 is 6.03 Å². The highest BCUT2D eigenvalue weighted by Gasteiger charge is 2.18. The predicted octanol–water partition coefficient (Wildman–Crippen LogP) is 4.60. The molecule has 2 N–H and O–H groups in total. The van der Waals surface area contributed by atoms with E-state index >= 15 is 0 Å². The van der Waals surface area contributed by atoms with Gasteiger partial charge in [0, 0.05) is 11.3 Å². The molecule has 4 aromatic carbocycles. The lowest BCUT2D eigenvalue weighted by molar-refractivity contribution is 0.252. The number of nitrogens with zero attached hydrogens (tertiary/aromatic N) is 1. The Hall–Kier alpha value is -3.75. The Morgan fingerprint density at radius 1 is 0.677 bits per heavy atom. The Kier molecular flexibility index (Phi) is 6.84. The standard InChI is InChI=1S/C26H22N3OP/c30-26(28-22-13-4-1-5-14-22)29-27-20-21-12-10-11-19-25(21)31(23-15-6-2-7-16-23)24-17-8-3-9-18-24/h1-20H,(H2,28,29,30).